The van der Waals surface area contributed by atoms with Crippen LogP contribution in [0.25, 0.3) is 0 Å². The highest BCUT2D eigenvalue weighted by atomic mass is 32.2. The molecule has 1 aliphatic rings. The van der Waals surface area contributed by atoms with Gasteiger partial charge in [-0.2, -0.15) is 0 Å². The van der Waals surface area contributed by atoms with E-state index in [2.05, 4.69) is 20.1 Å². The summed E-state index contributed by atoms with van der Waals surface area (Å²) in [5.41, 5.74) is 0.474. The molecular formula is C18H22N4O2S. The lowest BCUT2D eigenvalue weighted by atomic mass is 9.95. The highest BCUT2D eigenvalue weighted by molar-refractivity contribution is 7.99. The van der Waals surface area contributed by atoms with Crippen LogP contribution in [-0.4, -0.2) is 32.3 Å². The van der Waals surface area contributed by atoms with Crippen LogP contribution in [0.1, 0.15) is 54.3 Å². The van der Waals surface area contributed by atoms with Crippen molar-refractivity contribution in [2.75, 3.05) is 5.75 Å². The van der Waals surface area contributed by atoms with Crippen molar-refractivity contribution in [1.29, 1.82) is 0 Å². The fraction of sp³-hybridized carbons (Fsp3) is 0.444. The summed E-state index contributed by atoms with van der Waals surface area (Å²) < 4.78 is 2.15. The first kappa shape index (κ1) is 17.7. The Kier molecular flexibility index (Phi) is 5.86. The molecule has 0 aliphatic heterocycles. The topological polar surface area (TPSA) is 76.9 Å². The molecule has 1 aromatic heterocycles. The maximum absolute atomic E-state index is 12.1. The van der Waals surface area contributed by atoms with Gasteiger partial charge in [0, 0.05) is 11.6 Å². The predicted molar refractivity (Wildman–Crippen MR) is 96.5 cm³/mol. The number of nitrogens with zero attached hydrogens (tertiary/aromatic N) is 3. The summed E-state index contributed by atoms with van der Waals surface area (Å²) >= 11 is 1.33. The minimum atomic E-state index is -0.379. The molecule has 1 heterocycles. The molecule has 1 aliphatic carbocycles. The highest BCUT2D eigenvalue weighted by Crippen LogP contribution is 2.32. The lowest BCUT2D eigenvalue weighted by Crippen LogP contribution is -2.31. The third kappa shape index (κ3) is 4.48. The Bertz CT molecular complexity index is 739. The second kappa shape index (κ2) is 8.29. The number of rotatable bonds is 5. The van der Waals surface area contributed by atoms with Gasteiger partial charge in [0.25, 0.3) is 5.91 Å². The van der Waals surface area contributed by atoms with Gasteiger partial charge in [0.1, 0.15) is 5.82 Å². The molecule has 0 atom stereocenters. The quantitative estimate of drug-likeness (QED) is 0.831. The molecule has 7 heteroatoms. The smallest absolute Gasteiger partial charge is 0.257 e. The van der Waals surface area contributed by atoms with Crippen molar-refractivity contribution in [1.82, 2.24) is 20.1 Å². The fourth-order valence-electron chi connectivity index (χ4n) is 3.16. The van der Waals surface area contributed by atoms with Crippen LogP contribution < -0.4 is 5.32 Å². The zero-order valence-corrected chi connectivity index (χ0v) is 15.1. The fourth-order valence-corrected chi connectivity index (χ4v) is 4.01. The molecule has 1 saturated carbocycles. The first-order valence-electron chi connectivity index (χ1n) is 8.58. The van der Waals surface area contributed by atoms with Crippen LogP contribution in [-0.2, 0) is 4.79 Å². The Morgan fingerprint density at radius 1 is 1.16 bits per heavy atom. The molecule has 1 fully saturated rings. The summed E-state index contributed by atoms with van der Waals surface area (Å²) in [6.45, 7) is 1.95. The number of nitrogens with one attached hydrogen (secondary N) is 1. The van der Waals surface area contributed by atoms with Gasteiger partial charge in [0.05, 0.1) is 5.75 Å². The van der Waals surface area contributed by atoms with E-state index in [4.69, 9.17) is 0 Å². The average molecular weight is 358 g/mol. The Labute approximate surface area is 151 Å². The van der Waals surface area contributed by atoms with E-state index in [-0.39, 0.29) is 17.6 Å². The van der Waals surface area contributed by atoms with E-state index in [1.54, 1.807) is 24.3 Å². The molecule has 6 nitrogen and oxygen atoms in total. The van der Waals surface area contributed by atoms with Gasteiger partial charge in [0.15, 0.2) is 5.16 Å². The molecule has 1 N–H and O–H groups in total. The van der Waals surface area contributed by atoms with Crippen LogP contribution in [0.3, 0.4) is 0 Å². The zero-order valence-electron chi connectivity index (χ0n) is 14.3. The molecule has 3 rings (SSSR count). The van der Waals surface area contributed by atoms with Crippen LogP contribution in [0.5, 0.6) is 0 Å². The minimum Gasteiger partial charge on any atom is -0.303 e. The second-order valence-electron chi connectivity index (χ2n) is 6.22. The SMILES string of the molecule is Cc1nnc(SCC(=O)NC(=O)c2ccccc2)n1C1CCCCC1. The molecule has 0 bridgehead atoms. The molecule has 0 spiro atoms. The normalized spacial score (nSPS) is 15.1. The molecule has 25 heavy (non-hydrogen) atoms. The minimum absolute atomic E-state index is 0.142. The van der Waals surface area contributed by atoms with E-state index in [0.29, 0.717) is 11.6 Å². The summed E-state index contributed by atoms with van der Waals surface area (Å²) in [6.07, 6.45) is 5.98. The molecule has 0 unspecified atom stereocenters. The summed E-state index contributed by atoms with van der Waals surface area (Å²) in [6, 6.07) is 9.14. The molecular weight excluding hydrogens is 336 g/mol. The number of carbonyl (C=O) groups excluding carboxylic acids is 2. The van der Waals surface area contributed by atoms with Crippen LogP contribution in [0.2, 0.25) is 0 Å². The Balaban J connectivity index is 1.58. The second-order valence-corrected chi connectivity index (χ2v) is 7.17. The Morgan fingerprint density at radius 2 is 1.88 bits per heavy atom. The number of hydrogen-bond acceptors (Lipinski definition) is 5. The Hall–Kier alpha value is -2.15. The third-order valence-corrected chi connectivity index (χ3v) is 5.34. The monoisotopic (exact) mass is 358 g/mol. The summed E-state index contributed by atoms with van der Waals surface area (Å²) in [5.74, 6) is 0.324. The average Bonchev–Trinajstić information content (AvgIpc) is 3.02. The van der Waals surface area contributed by atoms with Gasteiger partial charge in [-0.3, -0.25) is 14.9 Å². The molecule has 0 saturated heterocycles. The first-order valence-corrected chi connectivity index (χ1v) is 9.57. The predicted octanol–water partition coefficient (Wildman–Crippen LogP) is 3.14. The van der Waals surface area contributed by atoms with Gasteiger partial charge in [-0.05, 0) is 31.9 Å². The van der Waals surface area contributed by atoms with Crippen LogP contribution in [0, 0.1) is 6.92 Å². The van der Waals surface area contributed by atoms with Gasteiger partial charge in [-0.1, -0.05) is 49.2 Å². The van der Waals surface area contributed by atoms with Crippen LogP contribution in [0.15, 0.2) is 35.5 Å². The maximum Gasteiger partial charge on any atom is 0.257 e. The van der Waals surface area contributed by atoms with Gasteiger partial charge < -0.3 is 4.57 Å². The van der Waals surface area contributed by atoms with Crippen molar-refractivity contribution in [2.45, 2.75) is 50.2 Å². The zero-order chi connectivity index (χ0) is 17.6. The Morgan fingerprint density at radius 3 is 2.60 bits per heavy atom. The van der Waals surface area contributed by atoms with Gasteiger partial charge in [-0.25, -0.2) is 0 Å². The number of benzene rings is 1. The number of amides is 2. The van der Waals surface area contributed by atoms with E-state index < -0.39 is 0 Å². The molecule has 0 radical (unpaired) electrons. The van der Waals surface area contributed by atoms with E-state index >= 15 is 0 Å². The van der Waals surface area contributed by atoms with E-state index in [1.807, 2.05) is 13.0 Å². The number of thioether (sulfide) groups is 1. The summed E-state index contributed by atoms with van der Waals surface area (Å²) in [4.78, 5) is 24.1. The van der Waals surface area contributed by atoms with Crippen molar-refractivity contribution >= 4 is 23.6 Å². The standard InChI is InChI=1S/C18H22N4O2S/c1-13-20-21-18(22(13)15-10-6-3-7-11-15)25-12-16(23)19-17(24)14-8-4-2-5-9-14/h2,4-5,8-9,15H,3,6-7,10-12H2,1H3,(H,19,23,24). The van der Waals surface area contributed by atoms with Crippen molar-refractivity contribution in [3.05, 3.63) is 41.7 Å². The molecule has 2 aromatic rings. The third-order valence-electron chi connectivity index (χ3n) is 4.40. The lowest BCUT2D eigenvalue weighted by Gasteiger charge is -2.24. The first-order chi connectivity index (χ1) is 12.1. The van der Waals surface area contributed by atoms with Crippen molar-refractivity contribution in [3.8, 4) is 0 Å². The van der Waals surface area contributed by atoms with E-state index in [0.717, 1.165) is 23.8 Å². The van der Waals surface area contributed by atoms with Gasteiger partial charge in [-0.15, -0.1) is 10.2 Å². The van der Waals surface area contributed by atoms with Crippen LogP contribution >= 0.6 is 11.8 Å². The summed E-state index contributed by atoms with van der Waals surface area (Å²) in [7, 11) is 0. The molecule has 1 aromatic carbocycles. The number of hydrogen-bond donors (Lipinski definition) is 1. The van der Waals surface area contributed by atoms with Gasteiger partial charge in [0.2, 0.25) is 5.91 Å². The summed E-state index contributed by atoms with van der Waals surface area (Å²) in [5, 5.41) is 11.6. The van der Waals surface area contributed by atoms with Crippen molar-refractivity contribution in [2.24, 2.45) is 0 Å². The van der Waals surface area contributed by atoms with Crippen LogP contribution in [0.4, 0.5) is 0 Å². The number of imide groups is 1. The van der Waals surface area contributed by atoms with Gasteiger partial charge >= 0.3 is 0 Å². The number of aryl methyl sites for hydroxylation is 1. The van der Waals surface area contributed by atoms with Crippen molar-refractivity contribution < 1.29 is 9.59 Å². The maximum atomic E-state index is 12.1. The number of carbonyl (C=O) groups is 2. The molecule has 2 amide bonds. The van der Waals surface area contributed by atoms with Crippen molar-refractivity contribution in [3.63, 3.8) is 0 Å². The van der Waals surface area contributed by atoms with E-state index in [1.165, 1.54) is 31.0 Å². The molecule has 132 valence electrons. The lowest BCUT2D eigenvalue weighted by molar-refractivity contribution is -0.117. The number of aromatic nitrogens is 3. The largest absolute Gasteiger partial charge is 0.303 e. The van der Waals surface area contributed by atoms with E-state index in [9.17, 15) is 9.59 Å². The highest BCUT2D eigenvalue weighted by Gasteiger charge is 2.22.